The Morgan fingerprint density at radius 3 is 1.48 bits per heavy atom. The topological polar surface area (TPSA) is 6.48 Å². The van der Waals surface area contributed by atoms with Gasteiger partial charge in [0.1, 0.15) is 0 Å². The molecule has 0 fully saturated rings. The summed E-state index contributed by atoms with van der Waals surface area (Å²) in [6.45, 7) is 32.3. The fourth-order valence-electron chi connectivity index (χ4n) is 12.6. The SMILES string of the molecule is Cc1cc2c(cc1N1c3cc4c(cc3B3c5sc6cc7c(cc6c5N(c5ccccc5)c5cccc1c53)C(C)(C)CCC7(C)C)C(C)(C)CCC4(C)C)C(C)(C)CCC2(C)C. The molecule has 0 radical (unpaired) electrons. The highest BCUT2D eigenvalue weighted by Crippen LogP contribution is 2.55. The highest BCUT2D eigenvalue weighted by atomic mass is 32.1. The van der Waals surface area contributed by atoms with Crippen molar-refractivity contribution in [2.24, 2.45) is 0 Å². The fourth-order valence-corrected chi connectivity index (χ4v) is 13.9. The minimum absolute atomic E-state index is 0.0860. The molecular formula is C57H65BN2S. The monoisotopic (exact) mass is 820 g/mol. The predicted molar refractivity (Wildman–Crippen MR) is 266 cm³/mol. The molecule has 2 nitrogen and oxygen atoms in total. The molecule has 0 bridgehead atoms. The Hall–Kier alpha value is -4.28. The number of thiophene rings is 1. The number of hydrogen-bond donors (Lipinski definition) is 0. The van der Waals surface area contributed by atoms with Crippen LogP contribution in [-0.2, 0) is 32.5 Å². The van der Waals surface area contributed by atoms with Crippen LogP contribution in [0.25, 0.3) is 10.1 Å². The van der Waals surface area contributed by atoms with Gasteiger partial charge < -0.3 is 9.80 Å². The second-order valence-electron chi connectivity index (χ2n) is 23.8. The molecule has 2 aliphatic heterocycles. The van der Waals surface area contributed by atoms with Crippen LogP contribution in [0.15, 0.2) is 84.9 Å². The number of para-hydroxylation sites is 1. The number of aryl methyl sites for hydroxylation is 1. The van der Waals surface area contributed by atoms with Gasteiger partial charge in [-0.2, -0.15) is 0 Å². The van der Waals surface area contributed by atoms with Crippen LogP contribution in [0.3, 0.4) is 0 Å². The molecule has 0 amide bonds. The first kappa shape index (κ1) is 39.6. The van der Waals surface area contributed by atoms with Crippen molar-refractivity contribution in [3.63, 3.8) is 0 Å². The quantitative estimate of drug-likeness (QED) is 0.160. The van der Waals surface area contributed by atoms with Gasteiger partial charge in [-0.15, -0.1) is 11.3 Å². The third-order valence-corrected chi connectivity index (χ3v) is 18.2. The first-order valence-electron chi connectivity index (χ1n) is 23.4. The maximum absolute atomic E-state index is 2.72. The molecule has 312 valence electrons. The van der Waals surface area contributed by atoms with Crippen LogP contribution in [0.2, 0.25) is 0 Å². The van der Waals surface area contributed by atoms with Gasteiger partial charge in [-0.1, -0.05) is 119 Å². The summed E-state index contributed by atoms with van der Waals surface area (Å²) >= 11 is 2.07. The number of anilines is 6. The molecule has 0 atom stereocenters. The van der Waals surface area contributed by atoms with Crippen molar-refractivity contribution in [3.05, 3.63) is 124 Å². The zero-order chi connectivity index (χ0) is 43.0. The van der Waals surface area contributed by atoms with Crippen molar-refractivity contribution < 1.29 is 0 Å². The Morgan fingerprint density at radius 2 is 0.918 bits per heavy atom. The maximum Gasteiger partial charge on any atom is 0.264 e. The van der Waals surface area contributed by atoms with Gasteiger partial charge in [0.15, 0.2) is 0 Å². The van der Waals surface area contributed by atoms with E-state index in [2.05, 4.69) is 196 Å². The fraction of sp³-hybridized carbons (Fsp3) is 0.439. The van der Waals surface area contributed by atoms with Gasteiger partial charge in [0.05, 0.1) is 5.69 Å². The average Bonchev–Trinajstić information content (AvgIpc) is 3.58. The third kappa shape index (κ3) is 5.52. The van der Waals surface area contributed by atoms with Crippen LogP contribution in [0.1, 0.15) is 161 Å². The van der Waals surface area contributed by atoms with Gasteiger partial charge in [0, 0.05) is 43.3 Å². The molecule has 61 heavy (non-hydrogen) atoms. The summed E-state index contributed by atoms with van der Waals surface area (Å²) in [4.78, 5) is 5.37. The lowest BCUT2D eigenvalue weighted by Crippen LogP contribution is -2.61. The predicted octanol–water partition coefficient (Wildman–Crippen LogP) is 14.3. The summed E-state index contributed by atoms with van der Waals surface area (Å²) in [5, 5.41) is 1.41. The molecule has 5 aliphatic rings. The van der Waals surface area contributed by atoms with E-state index in [0.717, 1.165) is 0 Å². The molecule has 11 rings (SSSR count). The van der Waals surface area contributed by atoms with Crippen LogP contribution in [-0.4, -0.2) is 6.71 Å². The lowest BCUT2D eigenvalue weighted by Gasteiger charge is -2.47. The third-order valence-electron chi connectivity index (χ3n) is 17.0. The minimum Gasteiger partial charge on any atom is -0.311 e. The van der Waals surface area contributed by atoms with Crippen molar-refractivity contribution in [2.75, 3.05) is 9.80 Å². The van der Waals surface area contributed by atoms with Crippen LogP contribution in [0.5, 0.6) is 0 Å². The zero-order valence-electron chi connectivity index (χ0n) is 39.2. The molecule has 0 saturated carbocycles. The molecule has 5 aromatic carbocycles. The van der Waals surface area contributed by atoms with Gasteiger partial charge >= 0.3 is 0 Å². The number of benzene rings is 5. The van der Waals surface area contributed by atoms with Gasteiger partial charge in [0.2, 0.25) is 0 Å². The smallest absolute Gasteiger partial charge is 0.264 e. The molecule has 3 aliphatic carbocycles. The Balaban J connectivity index is 1.27. The summed E-state index contributed by atoms with van der Waals surface area (Å²) in [6.07, 6.45) is 7.23. The first-order valence-corrected chi connectivity index (χ1v) is 24.2. The highest BCUT2D eigenvalue weighted by Gasteiger charge is 2.49. The van der Waals surface area contributed by atoms with Crippen molar-refractivity contribution in [1.29, 1.82) is 0 Å². The van der Waals surface area contributed by atoms with E-state index in [-0.39, 0.29) is 39.2 Å². The molecule has 6 aromatic rings. The Kier molecular flexibility index (Phi) is 8.08. The van der Waals surface area contributed by atoms with Gasteiger partial charge in [-0.05, 0) is 176 Å². The van der Waals surface area contributed by atoms with Crippen molar-refractivity contribution >= 4 is 78.0 Å². The molecule has 4 heteroatoms. The normalized spacial score (nSPS) is 21.5. The summed E-state index contributed by atoms with van der Waals surface area (Å²) < 4.78 is 2.90. The van der Waals surface area contributed by atoms with Crippen LogP contribution in [0.4, 0.5) is 34.1 Å². The van der Waals surface area contributed by atoms with Gasteiger partial charge in [0.25, 0.3) is 6.71 Å². The molecule has 0 unspecified atom stereocenters. The average molecular weight is 821 g/mol. The summed E-state index contributed by atoms with van der Waals surface area (Å²) in [5.41, 5.74) is 22.1. The number of fused-ring (bicyclic) bond motifs is 9. The van der Waals surface area contributed by atoms with E-state index in [1.54, 1.807) is 11.1 Å². The molecular weight excluding hydrogens is 756 g/mol. The summed E-state index contributed by atoms with van der Waals surface area (Å²) in [6, 6.07) is 34.3. The van der Waals surface area contributed by atoms with E-state index in [4.69, 9.17) is 0 Å². The van der Waals surface area contributed by atoms with E-state index >= 15 is 0 Å². The number of nitrogens with zero attached hydrogens (tertiary/aromatic N) is 2. The maximum atomic E-state index is 2.72. The van der Waals surface area contributed by atoms with Gasteiger partial charge in [-0.3, -0.25) is 0 Å². The van der Waals surface area contributed by atoms with Crippen molar-refractivity contribution in [1.82, 2.24) is 0 Å². The van der Waals surface area contributed by atoms with E-state index in [1.165, 1.54) is 126 Å². The second-order valence-corrected chi connectivity index (χ2v) is 24.9. The van der Waals surface area contributed by atoms with Crippen molar-refractivity contribution in [2.45, 2.75) is 161 Å². The highest BCUT2D eigenvalue weighted by molar-refractivity contribution is 7.33. The van der Waals surface area contributed by atoms with Gasteiger partial charge in [-0.25, -0.2) is 0 Å². The number of hydrogen-bond acceptors (Lipinski definition) is 3. The molecule has 0 saturated heterocycles. The Bertz CT molecular complexity index is 2850. The Morgan fingerprint density at radius 1 is 0.459 bits per heavy atom. The lowest BCUT2D eigenvalue weighted by atomic mass is 9.35. The minimum atomic E-state index is 0.0860. The molecule has 0 N–H and O–H groups in total. The Labute approximate surface area is 370 Å². The summed E-state index contributed by atoms with van der Waals surface area (Å²) in [5.74, 6) is 0. The number of rotatable bonds is 2. The largest absolute Gasteiger partial charge is 0.311 e. The molecule has 1 aromatic heterocycles. The lowest BCUT2D eigenvalue weighted by molar-refractivity contribution is 0.331. The van der Waals surface area contributed by atoms with Crippen molar-refractivity contribution in [3.8, 4) is 0 Å². The van der Waals surface area contributed by atoms with Crippen LogP contribution < -0.4 is 25.5 Å². The van der Waals surface area contributed by atoms with E-state index in [1.807, 2.05) is 0 Å². The molecule has 3 heterocycles. The standard InChI is InChI=1S/C57H65BN2S/c1-34-28-37-40(55(8,9)25-22-52(37,2)3)31-46(34)60-45-21-17-20-44-49(45)58(43-30-39-41(32-47(43)60)56(10,11)26-24-54(39,6)7)51-50(59(44)35-18-15-14-16-19-35)36-29-38-42(33-48(36)61-51)57(12,13)27-23-53(38,4)5/h14-21,28-33H,22-27H2,1-13H3. The van der Waals surface area contributed by atoms with Crippen LogP contribution >= 0.6 is 11.3 Å². The zero-order valence-corrected chi connectivity index (χ0v) is 40.0. The molecule has 0 spiro atoms. The first-order chi connectivity index (χ1) is 28.6. The summed E-state index contributed by atoms with van der Waals surface area (Å²) in [7, 11) is 0. The van der Waals surface area contributed by atoms with E-state index < -0.39 is 0 Å². The van der Waals surface area contributed by atoms with E-state index in [9.17, 15) is 0 Å². The van der Waals surface area contributed by atoms with E-state index in [0.29, 0.717) is 0 Å². The second kappa shape index (κ2) is 12.5. The van der Waals surface area contributed by atoms with Crippen LogP contribution in [0, 0.1) is 6.92 Å².